The zero-order chi connectivity index (χ0) is 22.6. The molecule has 2 aromatic rings. The Morgan fingerprint density at radius 2 is 1.65 bits per heavy atom. The second kappa shape index (κ2) is 12.4. The number of hydrogen-bond acceptors (Lipinski definition) is 4. The number of aliphatic imine (C=N–C) groups is 1. The van der Waals surface area contributed by atoms with E-state index in [1.165, 1.54) is 12.1 Å². The Bertz CT molecular complexity index is 872. The summed E-state index contributed by atoms with van der Waals surface area (Å²) in [4.78, 5) is 18.3. The van der Waals surface area contributed by atoms with Gasteiger partial charge in [-0.1, -0.05) is 18.2 Å². The summed E-state index contributed by atoms with van der Waals surface area (Å²) in [6, 6.07) is 11.8. The van der Waals surface area contributed by atoms with E-state index in [1.54, 1.807) is 33.4 Å². The highest BCUT2D eigenvalue weighted by molar-refractivity contribution is 5.80. The van der Waals surface area contributed by atoms with Crippen molar-refractivity contribution in [2.24, 2.45) is 4.99 Å². The highest BCUT2D eigenvalue weighted by Crippen LogP contribution is 2.27. The lowest BCUT2D eigenvalue weighted by Crippen LogP contribution is -2.43. The molecule has 0 aliphatic rings. The Kier molecular flexibility index (Phi) is 9.61. The van der Waals surface area contributed by atoms with Gasteiger partial charge in [-0.3, -0.25) is 9.79 Å². The first-order valence-corrected chi connectivity index (χ1v) is 10.1. The highest BCUT2D eigenvalue weighted by atomic mass is 19.1. The maximum atomic E-state index is 12.9. The zero-order valence-electron chi connectivity index (χ0n) is 18.6. The van der Waals surface area contributed by atoms with Crippen LogP contribution >= 0.6 is 0 Å². The van der Waals surface area contributed by atoms with Crippen molar-refractivity contribution in [3.05, 3.63) is 59.4 Å². The third-order valence-corrected chi connectivity index (χ3v) is 4.77. The first kappa shape index (κ1) is 24.0. The molecule has 8 heteroatoms. The quantitative estimate of drug-likeness (QED) is 0.344. The average molecular weight is 431 g/mol. The fourth-order valence-corrected chi connectivity index (χ4v) is 3.05. The molecule has 0 aromatic heterocycles. The highest BCUT2D eigenvalue weighted by Gasteiger charge is 2.09. The Morgan fingerprint density at radius 3 is 2.29 bits per heavy atom. The summed E-state index contributed by atoms with van der Waals surface area (Å²) in [5.74, 6) is 1.74. The van der Waals surface area contributed by atoms with Gasteiger partial charge in [0.2, 0.25) is 5.91 Å². The second-order valence-corrected chi connectivity index (χ2v) is 6.99. The molecule has 0 aliphatic heterocycles. The molecule has 7 nitrogen and oxygen atoms in total. The standard InChI is InChI=1S/C23H31FN4O3/c1-25-23(27-13-12-26-22(29)16-17-5-8-19(24)9-6-17)28(2)14-11-18-7-10-20(30-3)21(15-18)31-4/h5-10,15H,11-14,16H2,1-4H3,(H,25,27)(H,26,29). The summed E-state index contributed by atoms with van der Waals surface area (Å²) in [6.07, 6.45) is 1.03. The molecule has 0 heterocycles. The van der Waals surface area contributed by atoms with Gasteiger partial charge in [0, 0.05) is 33.7 Å². The third-order valence-electron chi connectivity index (χ3n) is 4.77. The van der Waals surface area contributed by atoms with E-state index in [2.05, 4.69) is 15.6 Å². The lowest BCUT2D eigenvalue weighted by Gasteiger charge is -2.22. The Labute approximate surface area is 183 Å². The van der Waals surface area contributed by atoms with Crippen LogP contribution in [0.25, 0.3) is 0 Å². The van der Waals surface area contributed by atoms with Gasteiger partial charge in [-0.05, 0) is 41.8 Å². The van der Waals surface area contributed by atoms with E-state index >= 15 is 0 Å². The predicted molar refractivity (Wildman–Crippen MR) is 120 cm³/mol. The number of ether oxygens (including phenoxy) is 2. The van der Waals surface area contributed by atoms with Crippen LogP contribution < -0.4 is 20.1 Å². The van der Waals surface area contributed by atoms with E-state index in [1.807, 2.05) is 30.1 Å². The first-order chi connectivity index (χ1) is 15.0. The SMILES string of the molecule is CN=C(NCCNC(=O)Cc1ccc(F)cc1)N(C)CCc1ccc(OC)c(OC)c1. The average Bonchev–Trinajstić information content (AvgIpc) is 2.78. The van der Waals surface area contributed by atoms with Crippen molar-refractivity contribution in [3.8, 4) is 11.5 Å². The van der Waals surface area contributed by atoms with Crippen LogP contribution in [0.1, 0.15) is 11.1 Å². The van der Waals surface area contributed by atoms with E-state index in [9.17, 15) is 9.18 Å². The number of benzene rings is 2. The van der Waals surface area contributed by atoms with Crippen molar-refractivity contribution >= 4 is 11.9 Å². The fraction of sp³-hybridized carbons (Fsp3) is 0.391. The van der Waals surface area contributed by atoms with Crippen LogP contribution in [0.3, 0.4) is 0 Å². The number of amides is 1. The van der Waals surface area contributed by atoms with E-state index in [0.29, 0.717) is 24.6 Å². The molecule has 0 saturated heterocycles. The smallest absolute Gasteiger partial charge is 0.224 e. The monoisotopic (exact) mass is 430 g/mol. The molecular weight excluding hydrogens is 399 g/mol. The van der Waals surface area contributed by atoms with Crippen LogP contribution in [0.2, 0.25) is 0 Å². The van der Waals surface area contributed by atoms with Gasteiger partial charge >= 0.3 is 0 Å². The van der Waals surface area contributed by atoms with Crippen LogP contribution in [0.5, 0.6) is 11.5 Å². The Balaban J connectivity index is 1.73. The number of carbonyl (C=O) groups excluding carboxylic acids is 1. The van der Waals surface area contributed by atoms with Crippen LogP contribution in [0.4, 0.5) is 4.39 Å². The number of halogens is 1. The van der Waals surface area contributed by atoms with Crippen molar-refractivity contribution in [2.45, 2.75) is 12.8 Å². The molecule has 2 N–H and O–H groups in total. The van der Waals surface area contributed by atoms with E-state index in [-0.39, 0.29) is 18.1 Å². The topological polar surface area (TPSA) is 75.2 Å². The van der Waals surface area contributed by atoms with Gasteiger partial charge in [-0.2, -0.15) is 0 Å². The minimum Gasteiger partial charge on any atom is -0.493 e. The molecule has 0 radical (unpaired) electrons. The number of nitrogens with one attached hydrogen (secondary N) is 2. The number of rotatable bonds is 10. The Morgan fingerprint density at radius 1 is 1.00 bits per heavy atom. The van der Waals surface area contributed by atoms with Gasteiger partial charge in [-0.25, -0.2) is 4.39 Å². The number of guanidine groups is 1. The number of likely N-dealkylation sites (N-methyl/N-ethyl adjacent to an activating group) is 1. The molecule has 1 amide bonds. The van der Waals surface area contributed by atoms with Crippen molar-refractivity contribution in [2.75, 3.05) is 47.9 Å². The maximum absolute atomic E-state index is 12.9. The summed E-state index contributed by atoms with van der Waals surface area (Å²) in [7, 11) is 6.93. The van der Waals surface area contributed by atoms with Gasteiger partial charge in [0.15, 0.2) is 17.5 Å². The molecule has 0 bridgehead atoms. The number of hydrogen-bond donors (Lipinski definition) is 2. The van der Waals surface area contributed by atoms with Gasteiger partial charge in [0.25, 0.3) is 0 Å². The van der Waals surface area contributed by atoms with Crippen molar-refractivity contribution in [3.63, 3.8) is 0 Å². The molecule has 0 aliphatic carbocycles. The molecule has 0 fully saturated rings. The minimum absolute atomic E-state index is 0.106. The van der Waals surface area contributed by atoms with E-state index < -0.39 is 0 Å². The normalized spacial score (nSPS) is 11.1. The molecule has 0 atom stereocenters. The molecule has 0 spiro atoms. The summed E-state index contributed by atoms with van der Waals surface area (Å²) < 4.78 is 23.6. The van der Waals surface area contributed by atoms with Crippen molar-refractivity contribution in [1.82, 2.24) is 15.5 Å². The molecule has 0 unspecified atom stereocenters. The largest absolute Gasteiger partial charge is 0.493 e. The van der Waals surface area contributed by atoms with Crippen LogP contribution in [0, 0.1) is 5.82 Å². The molecular formula is C23H31FN4O3. The zero-order valence-corrected chi connectivity index (χ0v) is 18.6. The number of nitrogens with zero attached hydrogens (tertiary/aromatic N) is 2. The summed E-state index contributed by atoms with van der Waals surface area (Å²) in [6.45, 7) is 1.76. The maximum Gasteiger partial charge on any atom is 0.224 e. The second-order valence-electron chi connectivity index (χ2n) is 6.99. The Hall–Kier alpha value is -3.29. The number of methoxy groups -OCH3 is 2. The summed E-state index contributed by atoms with van der Waals surface area (Å²) in [5.41, 5.74) is 1.91. The molecule has 2 rings (SSSR count). The lowest BCUT2D eigenvalue weighted by atomic mass is 10.1. The van der Waals surface area contributed by atoms with Crippen molar-refractivity contribution < 1.29 is 18.7 Å². The summed E-state index contributed by atoms with van der Waals surface area (Å²) >= 11 is 0. The first-order valence-electron chi connectivity index (χ1n) is 10.1. The molecule has 2 aromatic carbocycles. The van der Waals surface area contributed by atoms with Crippen LogP contribution in [-0.2, 0) is 17.6 Å². The molecule has 168 valence electrons. The van der Waals surface area contributed by atoms with Gasteiger partial charge in [-0.15, -0.1) is 0 Å². The van der Waals surface area contributed by atoms with Crippen LogP contribution in [-0.4, -0.2) is 64.7 Å². The van der Waals surface area contributed by atoms with Crippen molar-refractivity contribution in [1.29, 1.82) is 0 Å². The molecule has 0 saturated carbocycles. The fourth-order valence-electron chi connectivity index (χ4n) is 3.05. The van der Waals surface area contributed by atoms with Gasteiger partial charge in [0.05, 0.1) is 20.6 Å². The summed E-state index contributed by atoms with van der Waals surface area (Å²) in [5, 5.41) is 6.09. The van der Waals surface area contributed by atoms with E-state index in [4.69, 9.17) is 9.47 Å². The lowest BCUT2D eigenvalue weighted by molar-refractivity contribution is -0.120. The van der Waals surface area contributed by atoms with E-state index in [0.717, 1.165) is 30.1 Å². The van der Waals surface area contributed by atoms with Gasteiger partial charge < -0.3 is 25.0 Å². The third kappa shape index (κ3) is 7.81. The van der Waals surface area contributed by atoms with Gasteiger partial charge in [0.1, 0.15) is 5.82 Å². The van der Waals surface area contributed by atoms with Crippen LogP contribution in [0.15, 0.2) is 47.5 Å². The number of carbonyl (C=O) groups is 1. The minimum atomic E-state index is -0.310. The predicted octanol–water partition coefficient (Wildman–Crippen LogP) is 2.25. The molecule has 31 heavy (non-hydrogen) atoms.